The minimum Gasteiger partial charge on any atom is -0.465 e. The average Bonchev–Trinajstić information content (AvgIpc) is 3.17. The van der Waals surface area contributed by atoms with Crippen molar-refractivity contribution in [2.75, 3.05) is 5.32 Å². The van der Waals surface area contributed by atoms with Crippen molar-refractivity contribution in [1.29, 1.82) is 0 Å². The van der Waals surface area contributed by atoms with Gasteiger partial charge in [0.05, 0.1) is 18.5 Å². The molecule has 1 saturated carbocycles. The second kappa shape index (κ2) is 6.43. The van der Waals surface area contributed by atoms with Crippen LogP contribution in [0.1, 0.15) is 43.9 Å². The van der Waals surface area contributed by atoms with Crippen LogP contribution < -0.4 is 5.32 Å². The summed E-state index contributed by atoms with van der Waals surface area (Å²) in [5, 5.41) is 7.25. The Morgan fingerprint density at radius 2 is 2.19 bits per heavy atom. The van der Waals surface area contributed by atoms with Crippen molar-refractivity contribution in [2.24, 2.45) is 0 Å². The van der Waals surface area contributed by atoms with Gasteiger partial charge in [-0.05, 0) is 31.1 Å². The molecule has 5 heteroatoms. The number of hydrogen-bond acceptors (Lipinski definition) is 3. The van der Waals surface area contributed by atoms with Crippen LogP contribution in [0.15, 0.2) is 41.2 Å². The highest BCUT2D eigenvalue weighted by molar-refractivity contribution is 6.01. The van der Waals surface area contributed by atoms with Gasteiger partial charge in [-0.3, -0.25) is 4.79 Å². The molecule has 0 atom stereocenters. The average molecular weight is 285 g/mol. The topological polar surface area (TPSA) is 60.1 Å². The van der Waals surface area contributed by atoms with Gasteiger partial charge < -0.3 is 9.73 Å². The van der Waals surface area contributed by atoms with Crippen LogP contribution in [-0.2, 0) is 4.79 Å². The van der Waals surface area contributed by atoms with Gasteiger partial charge in [0.15, 0.2) is 0 Å². The summed E-state index contributed by atoms with van der Waals surface area (Å²) in [6.45, 7) is 0. The largest absolute Gasteiger partial charge is 0.465 e. The molecule has 21 heavy (non-hydrogen) atoms. The second-order valence-electron chi connectivity index (χ2n) is 5.29. The Morgan fingerprint density at radius 1 is 1.33 bits per heavy atom. The van der Waals surface area contributed by atoms with Crippen molar-refractivity contribution in [2.45, 2.75) is 38.1 Å². The SMILES string of the molecule is O=C(/C=C\c1ccco1)Nc1ccnn1C1CCCCC1. The number of amides is 1. The number of carbonyl (C=O) groups is 1. The summed E-state index contributed by atoms with van der Waals surface area (Å²) in [4.78, 5) is 12.0. The molecule has 110 valence electrons. The molecular formula is C16H19N3O2. The van der Waals surface area contributed by atoms with Crippen LogP contribution in [0.4, 0.5) is 5.82 Å². The first-order chi connectivity index (χ1) is 10.3. The standard InChI is InChI=1S/C16H19N3O2/c20-16(9-8-14-7-4-12-21-14)18-15-10-11-17-19(15)13-5-2-1-3-6-13/h4,7-13H,1-3,5-6H2,(H,18,20)/b9-8-. The predicted octanol–water partition coefficient (Wildman–Crippen LogP) is 3.63. The number of furan rings is 1. The Kier molecular flexibility index (Phi) is 4.19. The molecule has 0 radical (unpaired) electrons. The van der Waals surface area contributed by atoms with E-state index in [1.807, 2.05) is 10.7 Å². The lowest BCUT2D eigenvalue weighted by atomic mass is 9.96. The van der Waals surface area contributed by atoms with Crippen LogP contribution in [0.2, 0.25) is 0 Å². The van der Waals surface area contributed by atoms with E-state index in [9.17, 15) is 4.79 Å². The minimum atomic E-state index is -0.177. The summed E-state index contributed by atoms with van der Waals surface area (Å²) in [6.07, 6.45) is 12.5. The third kappa shape index (κ3) is 3.42. The maximum absolute atomic E-state index is 12.0. The fourth-order valence-corrected chi connectivity index (χ4v) is 2.74. The molecule has 1 aliphatic rings. The van der Waals surface area contributed by atoms with E-state index in [1.54, 1.807) is 30.7 Å². The van der Waals surface area contributed by atoms with Crippen molar-refractivity contribution in [1.82, 2.24) is 9.78 Å². The van der Waals surface area contributed by atoms with Crippen LogP contribution in [0, 0.1) is 0 Å². The lowest BCUT2D eigenvalue weighted by molar-refractivity contribution is -0.111. The van der Waals surface area contributed by atoms with Crippen LogP contribution in [0.25, 0.3) is 6.08 Å². The van der Waals surface area contributed by atoms with E-state index in [0.29, 0.717) is 11.8 Å². The van der Waals surface area contributed by atoms with Crippen molar-refractivity contribution in [3.63, 3.8) is 0 Å². The number of carbonyl (C=O) groups excluding carboxylic acids is 1. The molecule has 0 unspecified atom stereocenters. The lowest BCUT2D eigenvalue weighted by Crippen LogP contribution is -2.19. The van der Waals surface area contributed by atoms with E-state index < -0.39 is 0 Å². The van der Waals surface area contributed by atoms with Crippen molar-refractivity contribution < 1.29 is 9.21 Å². The number of nitrogens with zero attached hydrogens (tertiary/aromatic N) is 2. The summed E-state index contributed by atoms with van der Waals surface area (Å²) < 4.78 is 7.10. The van der Waals surface area contributed by atoms with Gasteiger partial charge in [0.25, 0.3) is 0 Å². The maximum atomic E-state index is 12.0. The molecule has 1 fully saturated rings. The van der Waals surface area contributed by atoms with Gasteiger partial charge in [0, 0.05) is 12.1 Å². The van der Waals surface area contributed by atoms with Gasteiger partial charge in [0.1, 0.15) is 11.6 Å². The quantitative estimate of drug-likeness (QED) is 0.872. The Labute approximate surface area is 123 Å². The number of hydrogen-bond donors (Lipinski definition) is 1. The monoisotopic (exact) mass is 285 g/mol. The number of anilines is 1. The van der Waals surface area contributed by atoms with Crippen LogP contribution in [0.5, 0.6) is 0 Å². The molecule has 0 saturated heterocycles. The molecule has 1 aliphatic carbocycles. The highest BCUT2D eigenvalue weighted by Crippen LogP contribution is 2.29. The molecule has 0 bridgehead atoms. The summed E-state index contributed by atoms with van der Waals surface area (Å²) >= 11 is 0. The zero-order valence-corrected chi connectivity index (χ0v) is 11.9. The Hall–Kier alpha value is -2.30. The third-order valence-corrected chi connectivity index (χ3v) is 3.78. The van der Waals surface area contributed by atoms with Crippen molar-refractivity contribution in [3.05, 3.63) is 42.5 Å². The van der Waals surface area contributed by atoms with E-state index in [1.165, 1.54) is 25.3 Å². The Balaban J connectivity index is 1.65. The molecule has 2 aromatic rings. The molecule has 2 heterocycles. The van der Waals surface area contributed by atoms with Gasteiger partial charge in [0.2, 0.25) is 5.91 Å². The third-order valence-electron chi connectivity index (χ3n) is 3.78. The molecule has 2 aromatic heterocycles. The predicted molar refractivity (Wildman–Crippen MR) is 80.7 cm³/mol. The van der Waals surface area contributed by atoms with Crippen molar-refractivity contribution in [3.8, 4) is 0 Å². The molecule has 1 amide bonds. The van der Waals surface area contributed by atoms with E-state index in [-0.39, 0.29) is 5.91 Å². The first-order valence-corrected chi connectivity index (χ1v) is 7.39. The Bertz CT molecular complexity index is 607. The van der Waals surface area contributed by atoms with Crippen LogP contribution in [0.3, 0.4) is 0 Å². The first kappa shape index (κ1) is 13.7. The highest BCUT2D eigenvalue weighted by Gasteiger charge is 2.18. The van der Waals surface area contributed by atoms with E-state index in [4.69, 9.17) is 4.42 Å². The second-order valence-corrected chi connectivity index (χ2v) is 5.29. The normalized spacial score (nSPS) is 16.4. The van der Waals surface area contributed by atoms with Crippen molar-refractivity contribution >= 4 is 17.8 Å². The minimum absolute atomic E-state index is 0.177. The zero-order chi connectivity index (χ0) is 14.5. The molecule has 3 rings (SSSR count). The van der Waals surface area contributed by atoms with E-state index in [0.717, 1.165) is 18.7 Å². The number of nitrogens with one attached hydrogen (secondary N) is 1. The van der Waals surface area contributed by atoms with Gasteiger partial charge in [-0.15, -0.1) is 0 Å². The fraction of sp³-hybridized carbons (Fsp3) is 0.375. The van der Waals surface area contributed by atoms with Gasteiger partial charge in [-0.1, -0.05) is 19.3 Å². The van der Waals surface area contributed by atoms with Crippen LogP contribution in [-0.4, -0.2) is 15.7 Å². The van der Waals surface area contributed by atoms with Gasteiger partial charge in [-0.2, -0.15) is 5.10 Å². The van der Waals surface area contributed by atoms with Crippen LogP contribution >= 0.6 is 0 Å². The van der Waals surface area contributed by atoms with Gasteiger partial charge in [-0.25, -0.2) is 4.68 Å². The first-order valence-electron chi connectivity index (χ1n) is 7.39. The highest BCUT2D eigenvalue weighted by atomic mass is 16.3. The summed E-state index contributed by atoms with van der Waals surface area (Å²) in [7, 11) is 0. The lowest BCUT2D eigenvalue weighted by Gasteiger charge is -2.23. The summed E-state index contributed by atoms with van der Waals surface area (Å²) in [5.41, 5.74) is 0. The fourth-order valence-electron chi connectivity index (χ4n) is 2.74. The number of rotatable bonds is 4. The zero-order valence-electron chi connectivity index (χ0n) is 11.9. The summed E-state index contributed by atoms with van der Waals surface area (Å²) in [6, 6.07) is 5.83. The molecule has 0 spiro atoms. The smallest absolute Gasteiger partial charge is 0.249 e. The van der Waals surface area contributed by atoms with E-state index >= 15 is 0 Å². The molecule has 1 N–H and O–H groups in total. The number of aromatic nitrogens is 2. The molecule has 0 aromatic carbocycles. The molecule has 0 aliphatic heterocycles. The molecular weight excluding hydrogens is 266 g/mol. The summed E-state index contributed by atoms with van der Waals surface area (Å²) in [5.74, 6) is 1.24. The van der Waals surface area contributed by atoms with E-state index in [2.05, 4.69) is 10.4 Å². The maximum Gasteiger partial charge on any atom is 0.249 e. The molecule has 5 nitrogen and oxygen atoms in total. The van der Waals surface area contributed by atoms with Gasteiger partial charge >= 0.3 is 0 Å². The Morgan fingerprint density at radius 3 is 2.95 bits per heavy atom.